The minimum atomic E-state index is 0.225. The van der Waals surface area contributed by atoms with Crippen LogP contribution in [0.25, 0.3) is 0 Å². The van der Waals surface area contributed by atoms with Crippen LogP contribution < -0.4 is 14.8 Å². The van der Waals surface area contributed by atoms with Crippen LogP contribution in [0.4, 0.5) is 5.69 Å². The fraction of sp³-hybridized carbons (Fsp3) is 0.167. The van der Waals surface area contributed by atoms with Crippen molar-refractivity contribution in [2.75, 3.05) is 12.1 Å². The first kappa shape index (κ1) is 11.6. The third kappa shape index (κ3) is 2.21. The van der Waals surface area contributed by atoms with E-state index in [0.717, 1.165) is 11.4 Å². The SMILES string of the molecule is Clc1ccc(CNc2cc3c(cc2Cl)OCO3)o1. The molecule has 94 valence electrons. The summed E-state index contributed by atoms with van der Waals surface area (Å²) in [7, 11) is 0. The second-order valence-corrected chi connectivity index (χ2v) is 4.52. The van der Waals surface area contributed by atoms with Crippen LogP contribution in [0.1, 0.15) is 5.76 Å². The molecule has 3 rings (SSSR count). The van der Waals surface area contributed by atoms with E-state index in [0.29, 0.717) is 28.3 Å². The number of halogens is 2. The number of hydrogen-bond donors (Lipinski definition) is 1. The Morgan fingerprint density at radius 3 is 2.61 bits per heavy atom. The lowest BCUT2D eigenvalue weighted by atomic mass is 10.2. The highest BCUT2D eigenvalue weighted by atomic mass is 35.5. The number of fused-ring (bicyclic) bond motifs is 1. The molecule has 0 saturated carbocycles. The standard InChI is InChI=1S/C12H9Cl2NO3/c13-8-3-10-11(17-6-16-10)4-9(8)15-5-7-1-2-12(14)18-7/h1-4,15H,5-6H2. The molecule has 1 aliphatic rings. The highest BCUT2D eigenvalue weighted by molar-refractivity contribution is 6.33. The summed E-state index contributed by atoms with van der Waals surface area (Å²) >= 11 is 11.8. The van der Waals surface area contributed by atoms with Crippen LogP contribution in [0, 0.1) is 0 Å². The molecule has 0 spiro atoms. The molecule has 18 heavy (non-hydrogen) atoms. The van der Waals surface area contributed by atoms with Crippen LogP contribution in [-0.4, -0.2) is 6.79 Å². The van der Waals surface area contributed by atoms with Gasteiger partial charge in [0, 0.05) is 12.1 Å². The van der Waals surface area contributed by atoms with E-state index in [2.05, 4.69) is 5.32 Å². The first-order chi connectivity index (χ1) is 8.72. The second-order valence-electron chi connectivity index (χ2n) is 3.74. The maximum atomic E-state index is 6.12. The summed E-state index contributed by atoms with van der Waals surface area (Å²) in [6.45, 7) is 0.717. The molecular weight excluding hydrogens is 277 g/mol. The molecule has 0 bridgehead atoms. The third-order valence-corrected chi connectivity index (χ3v) is 3.06. The van der Waals surface area contributed by atoms with Crippen molar-refractivity contribution in [1.29, 1.82) is 0 Å². The Bertz CT molecular complexity index is 583. The zero-order valence-electron chi connectivity index (χ0n) is 9.20. The number of benzene rings is 1. The Balaban J connectivity index is 1.76. The smallest absolute Gasteiger partial charge is 0.231 e. The van der Waals surface area contributed by atoms with Gasteiger partial charge in [0.1, 0.15) is 5.76 Å². The van der Waals surface area contributed by atoms with Gasteiger partial charge in [0.15, 0.2) is 16.7 Å². The van der Waals surface area contributed by atoms with Gasteiger partial charge in [-0.25, -0.2) is 0 Å². The first-order valence-electron chi connectivity index (χ1n) is 5.29. The van der Waals surface area contributed by atoms with E-state index in [1.807, 2.05) is 0 Å². The molecule has 1 aromatic carbocycles. The van der Waals surface area contributed by atoms with E-state index < -0.39 is 0 Å². The highest BCUT2D eigenvalue weighted by Gasteiger charge is 2.16. The topological polar surface area (TPSA) is 43.6 Å². The molecule has 0 fully saturated rings. The summed E-state index contributed by atoms with van der Waals surface area (Å²) < 4.78 is 15.8. The monoisotopic (exact) mass is 285 g/mol. The number of nitrogens with one attached hydrogen (secondary N) is 1. The Morgan fingerprint density at radius 1 is 1.11 bits per heavy atom. The van der Waals surface area contributed by atoms with Crippen LogP contribution in [0.15, 0.2) is 28.7 Å². The van der Waals surface area contributed by atoms with Crippen molar-refractivity contribution in [3.63, 3.8) is 0 Å². The van der Waals surface area contributed by atoms with Gasteiger partial charge in [-0.3, -0.25) is 0 Å². The molecule has 1 aromatic heterocycles. The molecular formula is C12H9Cl2NO3. The summed E-state index contributed by atoms with van der Waals surface area (Å²) in [5.41, 5.74) is 0.758. The summed E-state index contributed by atoms with van der Waals surface area (Å²) in [6, 6.07) is 7.02. The lowest BCUT2D eigenvalue weighted by Gasteiger charge is -2.08. The average molecular weight is 286 g/mol. The fourth-order valence-corrected chi connectivity index (χ4v) is 2.06. The highest BCUT2D eigenvalue weighted by Crippen LogP contribution is 2.39. The molecule has 0 aliphatic carbocycles. The van der Waals surface area contributed by atoms with Crippen molar-refractivity contribution in [3.8, 4) is 11.5 Å². The number of anilines is 1. The summed E-state index contributed by atoms with van der Waals surface area (Å²) in [5, 5.41) is 4.08. The van der Waals surface area contributed by atoms with Gasteiger partial charge in [-0.15, -0.1) is 0 Å². The predicted molar refractivity (Wildman–Crippen MR) is 68.6 cm³/mol. The maximum absolute atomic E-state index is 6.12. The van der Waals surface area contributed by atoms with Crippen LogP contribution in [0.2, 0.25) is 10.2 Å². The molecule has 4 nitrogen and oxygen atoms in total. The molecule has 0 atom stereocenters. The summed E-state index contributed by atoms with van der Waals surface area (Å²) in [6.07, 6.45) is 0. The van der Waals surface area contributed by atoms with Gasteiger partial charge in [-0.2, -0.15) is 0 Å². The first-order valence-corrected chi connectivity index (χ1v) is 6.05. The van der Waals surface area contributed by atoms with E-state index in [-0.39, 0.29) is 6.79 Å². The fourth-order valence-electron chi connectivity index (χ4n) is 1.68. The van der Waals surface area contributed by atoms with E-state index in [4.69, 9.17) is 37.1 Å². The summed E-state index contributed by atoms with van der Waals surface area (Å²) in [5.74, 6) is 2.07. The van der Waals surface area contributed by atoms with E-state index in [9.17, 15) is 0 Å². The zero-order chi connectivity index (χ0) is 12.5. The Labute approximate surface area is 113 Å². The van der Waals surface area contributed by atoms with Gasteiger partial charge in [-0.1, -0.05) is 11.6 Å². The van der Waals surface area contributed by atoms with Crippen LogP contribution in [0.5, 0.6) is 11.5 Å². The number of hydrogen-bond acceptors (Lipinski definition) is 4. The van der Waals surface area contributed by atoms with Crippen LogP contribution in [0.3, 0.4) is 0 Å². The normalized spacial score (nSPS) is 12.8. The van der Waals surface area contributed by atoms with E-state index in [1.165, 1.54) is 0 Å². The summed E-state index contributed by atoms with van der Waals surface area (Å²) in [4.78, 5) is 0. The molecule has 0 radical (unpaired) electrons. The molecule has 2 heterocycles. The van der Waals surface area contributed by atoms with Crippen molar-refractivity contribution in [1.82, 2.24) is 0 Å². The van der Waals surface area contributed by atoms with Gasteiger partial charge in [-0.05, 0) is 23.7 Å². The lowest BCUT2D eigenvalue weighted by molar-refractivity contribution is 0.174. The molecule has 0 saturated heterocycles. The average Bonchev–Trinajstić information content (AvgIpc) is 2.94. The molecule has 1 aliphatic heterocycles. The van der Waals surface area contributed by atoms with Gasteiger partial charge < -0.3 is 19.2 Å². The Kier molecular flexibility index (Phi) is 2.97. The molecule has 0 amide bonds. The van der Waals surface area contributed by atoms with Gasteiger partial charge in [0.2, 0.25) is 6.79 Å². The maximum Gasteiger partial charge on any atom is 0.231 e. The van der Waals surface area contributed by atoms with Crippen molar-refractivity contribution < 1.29 is 13.9 Å². The molecule has 6 heteroatoms. The molecule has 1 N–H and O–H groups in total. The number of rotatable bonds is 3. The van der Waals surface area contributed by atoms with Crippen molar-refractivity contribution in [2.45, 2.75) is 6.54 Å². The second kappa shape index (κ2) is 4.63. The van der Waals surface area contributed by atoms with Crippen LogP contribution in [-0.2, 0) is 6.54 Å². The van der Waals surface area contributed by atoms with Gasteiger partial charge >= 0.3 is 0 Å². The number of furan rings is 1. The van der Waals surface area contributed by atoms with Gasteiger partial charge in [0.25, 0.3) is 0 Å². The minimum absolute atomic E-state index is 0.225. The number of ether oxygens (including phenoxy) is 2. The van der Waals surface area contributed by atoms with Crippen molar-refractivity contribution >= 4 is 28.9 Å². The lowest BCUT2D eigenvalue weighted by Crippen LogP contribution is -1.98. The quantitative estimate of drug-likeness (QED) is 0.928. The van der Waals surface area contributed by atoms with Crippen LogP contribution >= 0.6 is 23.2 Å². The van der Waals surface area contributed by atoms with E-state index >= 15 is 0 Å². The Hall–Kier alpha value is -1.52. The largest absolute Gasteiger partial charge is 0.454 e. The Morgan fingerprint density at radius 2 is 1.89 bits per heavy atom. The van der Waals surface area contributed by atoms with Crippen molar-refractivity contribution in [3.05, 3.63) is 40.3 Å². The molecule has 2 aromatic rings. The predicted octanol–water partition coefficient (Wildman–Crippen LogP) is 3.93. The minimum Gasteiger partial charge on any atom is -0.454 e. The molecule has 0 unspecified atom stereocenters. The van der Waals surface area contributed by atoms with Crippen molar-refractivity contribution in [2.24, 2.45) is 0 Å². The van der Waals surface area contributed by atoms with E-state index in [1.54, 1.807) is 24.3 Å². The van der Waals surface area contributed by atoms with Gasteiger partial charge in [0.05, 0.1) is 17.3 Å². The third-order valence-electron chi connectivity index (χ3n) is 2.54. The zero-order valence-corrected chi connectivity index (χ0v) is 10.7.